The third-order valence-electron chi connectivity index (χ3n) is 19.3. The number of nitrogens with two attached hydrogens (primary N) is 1. The van der Waals surface area contributed by atoms with Gasteiger partial charge in [0.15, 0.2) is 49.4 Å². The van der Waals surface area contributed by atoms with Crippen LogP contribution in [0, 0.1) is 5.92 Å². The maximum absolute atomic E-state index is 13.0. The number of rotatable bonds is 65. The van der Waals surface area contributed by atoms with Gasteiger partial charge in [-0.25, -0.2) is 0 Å². The van der Waals surface area contributed by atoms with Gasteiger partial charge in [-0.3, -0.25) is 81.5 Å². The molecule has 4 amide bonds. The number of carbonyl (C=O) groups excluding carboxylic acids is 18. The van der Waals surface area contributed by atoms with Crippen molar-refractivity contribution in [3.05, 3.63) is 0 Å². The number of ether oxygens (including phenoxy) is 18. The second-order valence-electron chi connectivity index (χ2n) is 31.1. The van der Waals surface area contributed by atoms with E-state index in [4.69, 9.17) is 91.0 Å². The summed E-state index contributed by atoms with van der Waals surface area (Å²) in [5.74, 6) is -9.41. The molecule has 0 aromatic carbocycles. The Morgan fingerprint density at radius 3 is 0.928 bits per heavy atom. The smallest absolute Gasteiger partial charge is 0.303 e. The Bertz CT molecular complexity index is 3120. The molecule has 6 N–H and O–H groups in total. The van der Waals surface area contributed by atoms with Gasteiger partial charge >= 0.3 is 53.7 Å². The fraction of sp³-hybridized carbons (Fsp3) is 0.786. The van der Waals surface area contributed by atoms with Gasteiger partial charge in [-0.05, 0) is 77.6 Å². The summed E-state index contributed by atoms with van der Waals surface area (Å²) in [5, 5.41) is 10.9. The molecule has 3 rings (SSSR count). The summed E-state index contributed by atoms with van der Waals surface area (Å²) < 4.78 is 102. The van der Waals surface area contributed by atoms with Gasteiger partial charge in [-0.15, -0.1) is 0 Å². The largest absolute Gasteiger partial charge is 0.463 e. The standard InChI is InChI=1S/C84H133N5O36/c1-51(90)44-67-75(117-57(7)96)76(118-58(8)97)68(45-114-54(4)93)123-81(67)111-38-24-21-32-71(106)86-36-25-37-87-72(107)35-43-110-50-84(85,48-108-41-33-65(104)28-17-13-15-26-63(102)30-19-22-39-112-82-73(88-52(2)91)79(121-61(11)100)77(119-59(9)98)69(124-82)46-115-55(5)94)49-109-42-34-66(105)29-18-14-16-27-64(103)31-20-23-40-113-83-74(89-53(3)92)80(122-62(12)101)78(120-60(10)99)70(125-83)47-116-56(6)95/h67-70,73-83H,13-50,85H2,1-12H3,(H,86,106)(H,87,107)(H,88,91)(H,89,92)/t67-,68-,69-,70-,73-,74-,75-,76+,77+,78+,79-,80-,81-,82-,83-/m1/s1. The van der Waals surface area contributed by atoms with E-state index in [0.29, 0.717) is 83.5 Å². The number of carbonyl (C=O) groups is 18. The molecule has 0 aromatic heterocycles. The van der Waals surface area contributed by atoms with Gasteiger partial charge < -0.3 is 117 Å². The molecule has 710 valence electrons. The molecule has 0 unspecified atom stereocenters. The highest BCUT2D eigenvalue weighted by molar-refractivity contribution is 5.81. The fourth-order valence-corrected chi connectivity index (χ4v) is 13.7. The topological polar surface area (TPSA) is 548 Å². The molecule has 3 heterocycles. The predicted molar refractivity (Wildman–Crippen MR) is 433 cm³/mol. The molecule has 125 heavy (non-hydrogen) atoms. The molecular weight excluding hydrogens is 1650 g/mol. The van der Waals surface area contributed by atoms with Crippen molar-refractivity contribution in [3.63, 3.8) is 0 Å². The Kier molecular flexibility index (Phi) is 54.2. The normalized spacial score (nSPS) is 22.2. The Morgan fingerprint density at radius 2 is 0.592 bits per heavy atom. The molecule has 0 saturated carbocycles. The van der Waals surface area contributed by atoms with E-state index in [2.05, 4.69) is 21.3 Å². The van der Waals surface area contributed by atoms with Gasteiger partial charge in [0, 0.05) is 180 Å². The fourth-order valence-electron chi connectivity index (χ4n) is 13.7. The zero-order chi connectivity index (χ0) is 93.0. The van der Waals surface area contributed by atoms with Crippen molar-refractivity contribution in [2.75, 3.05) is 92.4 Å². The van der Waals surface area contributed by atoms with E-state index in [0.717, 1.165) is 41.5 Å². The quantitative estimate of drug-likeness (QED) is 0.0331. The summed E-state index contributed by atoms with van der Waals surface area (Å²) in [7, 11) is 0. The zero-order valence-corrected chi connectivity index (χ0v) is 74.3. The maximum Gasteiger partial charge on any atom is 0.303 e. The third kappa shape index (κ3) is 48.5. The number of amides is 4. The molecule has 15 atom stereocenters. The predicted octanol–water partition coefficient (Wildman–Crippen LogP) is 3.32. The lowest BCUT2D eigenvalue weighted by Gasteiger charge is -2.44. The van der Waals surface area contributed by atoms with E-state index in [9.17, 15) is 86.3 Å². The maximum atomic E-state index is 13.0. The third-order valence-corrected chi connectivity index (χ3v) is 19.3. The average Bonchev–Trinajstić information content (AvgIpc) is 0.796. The Morgan fingerprint density at radius 1 is 0.304 bits per heavy atom. The zero-order valence-electron chi connectivity index (χ0n) is 74.3. The second kappa shape index (κ2) is 61.5. The number of nitrogens with one attached hydrogen (secondary N) is 4. The molecule has 41 nitrogen and oxygen atoms in total. The summed E-state index contributed by atoms with van der Waals surface area (Å²) in [6.45, 7) is 13.1. The number of ketones is 5. The van der Waals surface area contributed by atoms with Crippen LogP contribution < -0.4 is 27.0 Å². The van der Waals surface area contributed by atoms with Crippen LogP contribution in [0.4, 0.5) is 0 Å². The first-order chi connectivity index (χ1) is 59.3. The minimum Gasteiger partial charge on any atom is -0.463 e. The van der Waals surface area contributed by atoms with Gasteiger partial charge in [-0.2, -0.15) is 0 Å². The average molecular weight is 1790 g/mol. The van der Waals surface area contributed by atoms with E-state index in [-0.39, 0.29) is 204 Å². The first-order valence-corrected chi connectivity index (χ1v) is 42.7. The van der Waals surface area contributed by atoms with Crippen molar-refractivity contribution in [2.45, 2.75) is 329 Å². The lowest BCUT2D eigenvalue weighted by atomic mass is 9.86. The number of unbranched alkanes of at least 4 members (excludes halogenated alkanes) is 7. The van der Waals surface area contributed by atoms with Gasteiger partial charge in [0.1, 0.15) is 85.2 Å². The molecule has 0 aromatic rings. The van der Waals surface area contributed by atoms with Crippen molar-refractivity contribution >= 4 is 106 Å². The molecule has 41 heteroatoms. The Balaban J connectivity index is 1.48. The van der Waals surface area contributed by atoms with Crippen LogP contribution in [0.5, 0.6) is 0 Å². The van der Waals surface area contributed by atoms with Crippen LogP contribution in [0.25, 0.3) is 0 Å². The lowest BCUT2D eigenvalue weighted by Crippen LogP contribution is -2.66. The van der Waals surface area contributed by atoms with Crippen LogP contribution in [-0.2, 0) is 172 Å². The summed E-state index contributed by atoms with van der Waals surface area (Å²) in [6.07, 6.45) is -6.89. The van der Waals surface area contributed by atoms with Crippen molar-refractivity contribution in [1.29, 1.82) is 0 Å². The highest BCUT2D eigenvalue weighted by Crippen LogP contribution is 2.36. The monoisotopic (exact) mass is 1790 g/mol. The minimum absolute atomic E-state index is 0.000631. The SMILES string of the molecule is CC(=O)C[C@H]1[C@H](OCCCCC(=O)NCCCNC(=O)CCOCC(N)(COCCC(=O)CCCCCC(=O)CCCCO[C@@H]2O[C@H](COC(C)=O)[C@H](OC(C)=O)[C@H](OC(C)=O)[C@H]2NC(C)=O)COCCC(=O)CCCCCC(=O)CCCCO[C@@H]2O[C@H](COC(C)=O)[C@H](OC(C)=O)[C@H](OC(C)=O)[C@H]2NC(C)=O)O[C@H](COC(C)=O)[C@H](OC(C)=O)[C@@H]1OC(C)=O. The number of esters is 9. The molecule has 0 radical (unpaired) electrons. The molecule has 3 aliphatic heterocycles. The van der Waals surface area contributed by atoms with Gasteiger partial charge in [0.25, 0.3) is 0 Å². The summed E-state index contributed by atoms with van der Waals surface area (Å²) >= 11 is 0. The van der Waals surface area contributed by atoms with Crippen LogP contribution in [0.3, 0.4) is 0 Å². The van der Waals surface area contributed by atoms with E-state index in [1.807, 2.05) is 0 Å². The Labute approximate surface area is 729 Å². The molecule has 0 bridgehead atoms. The van der Waals surface area contributed by atoms with Crippen molar-refractivity contribution in [2.24, 2.45) is 11.7 Å². The lowest BCUT2D eigenvalue weighted by molar-refractivity contribution is -0.291. The molecule has 0 aliphatic carbocycles. The van der Waals surface area contributed by atoms with Gasteiger partial charge in [0.2, 0.25) is 23.6 Å². The molecule has 3 saturated heterocycles. The molecular formula is C84H133N5O36. The van der Waals surface area contributed by atoms with E-state index >= 15 is 0 Å². The molecule has 3 fully saturated rings. The van der Waals surface area contributed by atoms with Gasteiger partial charge in [-0.1, -0.05) is 12.8 Å². The van der Waals surface area contributed by atoms with E-state index in [1.165, 1.54) is 41.5 Å². The first-order valence-electron chi connectivity index (χ1n) is 42.7. The van der Waals surface area contributed by atoms with Crippen molar-refractivity contribution in [3.8, 4) is 0 Å². The molecule has 0 spiro atoms. The summed E-state index contributed by atoms with van der Waals surface area (Å²) in [6, 6.07) is -2.27. The van der Waals surface area contributed by atoms with Crippen LogP contribution in [-0.4, -0.2) is 290 Å². The Hall–Kier alpha value is -8.94. The van der Waals surface area contributed by atoms with Gasteiger partial charge in [0.05, 0.1) is 51.1 Å². The van der Waals surface area contributed by atoms with E-state index in [1.54, 1.807) is 0 Å². The van der Waals surface area contributed by atoms with Crippen LogP contribution in [0.1, 0.15) is 237 Å². The first kappa shape index (κ1) is 110. The van der Waals surface area contributed by atoms with Crippen LogP contribution in [0.15, 0.2) is 0 Å². The van der Waals surface area contributed by atoms with Crippen LogP contribution >= 0.6 is 0 Å². The van der Waals surface area contributed by atoms with Crippen LogP contribution in [0.2, 0.25) is 0 Å². The highest BCUT2D eigenvalue weighted by atomic mass is 16.7. The van der Waals surface area contributed by atoms with Crippen molar-refractivity contribution < 1.29 is 172 Å². The second-order valence-corrected chi connectivity index (χ2v) is 31.1. The minimum atomic E-state index is -1.29. The molecule has 3 aliphatic rings. The number of hydrogen-bond acceptors (Lipinski definition) is 37. The number of Topliss-reactive ketones (excluding diaryl/α,β-unsaturated/α-hetero) is 5. The van der Waals surface area contributed by atoms with Crippen molar-refractivity contribution in [1.82, 2.24) is 21.3 Å². The summed E-state index contributed by atoms with van der Waals surface area (Å²) in [4.78, 5) is 222. The van der Waals surface area contributed by atoms with E-state index < -0.39 is 163 Å². The summed E-state index contributed by atoms with van der Waals surface area (Å²) in [5.41, 5.74) is 5.50. The number of hydrogen-bond donors (Lipinski definition) is 5. The highest BCUT2D eigenvalue weighted by Gasteiger charge is 2.54.